The van der Waals surface area contributed by atoms with Gasteiger partial charge in [-0.15, -0.1) is 0 Å². The van der Waals surface area contributed by atoms with Gasteiger partial charge in [-0.2, -0.15) is 0 Å². The Bertz CT molecular complexity index is 156. The summed E-state index contributed by atoms with van der Waals surface area (Å²) in [6.45, 7) is 4.33. The highest BCUT2D eigenvalue weighted by Crippen LogP contribution is 2.17. The minimum Gasteiger partial charge on any atom is -0.385 e. The van der Waals surface area contributed by atoms with Crippen molar-refractivity contribution in [3.8, 4) is 0 Å². The summed E-state index contributed by atoms with van der Waals surface area (Å²) in [6.07, 6.45) is 1.19. The zero-order valence-corrected chi connectivity index (χ0v) is 11.3. The Morgan fingerprint density at radius 3 is 2.73 bits per heavy atom. The third-order valence-corrected chi connectivity index (χ3v) is 3.32. The van der Waals surface area contributed by atoms with Crippen LogP contribution in [-0.2, 0) is 18.9 Å². The van der Waals surface area contributed by atoms with E-state index in [0.717, 1.165) is 32.8 Å². The Hall–Kier alpha value is 0.570. The van der Waals surface area contributed by atoms with E-state index in [0.29, 0.717) is 17.1 Å². The van der Waals surface area contributed by atoms with Crippen LogP contribution in [0.2, 0.25) is 0 Å². The van der Waals surface area contributed by atoms with Crippen LogP contribution in [0.25, 0.3) is 0 Å². The largest absolute Gasteiger partial charge is 0.385 e. The van der Waals surface area contributed by atoms with Crippen LogP contribution in [0.3, 0.4) is 0 Å². The van der Waals surface area contributed by atoms with Crippen molar-refractivity contribution in [2.75, 3.05) is 46.8 Å². The van der Waals surface area contributed by atoms with Gasteiger partial charge in [-0.1, -0.05) is 22.6 Å². The summed E-state index contributed by atoms with van der Waals surface area (Å²) < 4.78 is 21.7. The second-order valence-corrected chi connectivity index (χ2v) is 5.02. The van der Waals surface area contributed by atoms with Gasteiger partial charge in [0.05, 0.1) is 36.5 Å². The monoisotopic (exact) mass is 330 g/mol. The SMILES string of the molecule is COCCCOCCOC1COCC1I. The highest BCUT2D eigenvalue weighted by molar-refractivity contribution is 14.1. The Labute approximate surface area is 105 Å². The Kier molecular flexibility index (Phi) is 7.90. The predicted molar refractivity (Wildman–Crippen MR) is 65.7 cm³/mol. The molecule has 0 spiro atoms. The average molecular weight is 330 g/mol. The van der Waals surface area contributed by atoms with E-state index >= 15 is 0 Å². The molecular formula is C10H19IO4. The number of methoxy groups -OCH3 is 1. The fraction of sp³-hybridized carbons (Fsp3) is 1.00. The second kappa shape index (κ2) is 8.69. The first-order chi connectivity index (χ1) is 7.34. The van der Waals surface area contributed by atoms with E-state index in [4.69, 9.17) is 18.9 Å². The molecule has 1 aliphatic heterocycles. The van der Waals surface area contributed by atoms with E-state index in [1.807, 2.05) is 0 Å². The zero-order chi connectivity index (χ0) is 10.9. The molecule has 5 heteroatoms. The van der Waals surface area contributed by atoms with E-state index in [1.165, 1.54) is 0 Å². The summed E-state index contributed by atoms with van der Waals surface area (Å²) in [7, 11) is 1.70. The first-order valence-electron chi connectivity index (χ1n) is 5.24. The maximum Gasteiger partial charge on any atom is 0.0949 e. The minimum atomic E-state index is 0.244. The van der Waals surface area contributed by atoms with Crippen molar-refractivity contribution in [1.82, 2.24) is 0 Å². The Morgan fingerprint density at radius 1 is 1.20 bits per heavy atom. The number of ether oxygens (including phenoxy) is 4. The van der Waals surface area contributed by atoms with E-state index in [9.17, 15) is 0 Å². The quantitative estimate of drug-likeness (QED) is 0.381. The lowest BCUT2D eigenvalue weighted by atomic mass is 10.3. The van der Waals surface area contributed by atoms with Gasteiger partial charge < -0.3 is 18.9 Å². The molecule has 0 radical (unpaired) electrons. The molecule has 1 rings (SSSR count). The molecule has 1 saturated heterocycles. The summed E-state index contributed by atoms with van der Waals surface area (Å²) in [5.41, 5.74) is 0. The Balaban J connectivity index is 1.84. The van der Waals surface area contributed by atoms with Crippen LogP contribution in [0.4, 0.5) is 0 Å². The average Bonchev–Trinajstić information content (AvgIpc) is 2.63. The molecule has 0 bridgehead atoms. The van der Waals surface area contributed by atoms with Crippen molar-refractivity contribution in [1.29, 1.82) is 0 Å². The third-order valence-electron chi connectivity index (χ3n) is 2.16. The summed E-state index contributed by atoms with van der Waals surface area (Å²) in [6, 6.07) is 0. The lowest BCUT2D eigenvalue weighted by Crippen LogP contribution is -2.24. The lowest BCUT2D eigenvalue weighted by molar-refractivity contribution is 0.000209. The lowest BCUT2D eigenvalue weighted by Gasteiger charge is -2.13. The van der Waals surface area contributed by atoms with Gasteiger partial charge in [-0.25, -0.2) is 0 Å². The maximum absolute atomic E-state index is 5.63. The van der Waals surface area contributed by atoms with Gasteiger partial charge in [0.1, 0.15) is 0 Å². The Morgan fingerprint density at radius 2 is 2.07 bits per heavy atom. The normalized spacial score (nSPS) is 26.0. The summed E-state index contributed by atoms with van der Waals surface area (Å²) in [5.74, 6) is 0. The van der Waals surface area contributed by atoms with Gasteiger partial charge in [0.15, 0.2) is 0 Å². The highest BCUT2D eigenvalue weighted by Gasteiger charge is 2.25. The number of halogens is 1. The third kappa shape index (κ3) is 6.01. The molecule has 15 heavy (non-hydrogen) atoms. The van der Waals surface area contributed by atoms with Crippen molar-refractivity contribution in [2.45, 2.75) is 16.4 Å². The van der Waals surface area contributed by atoms with E-state index < -0.39 is 0 Å². The molecule has 0 amide bonds. The van der Waals surface area contributed by atoms with Gasteiger partial charge in [-0.05, 0) is 6.42 Å². The molecule has 2 atom stereocenters. The number of hydrogen-bond donors (Lipinski definition) is 0. The topological polar surface area (TPSA) is 36.9 Å². The standard InChI is InChI=1S/C10H19IO4/c1-12-3-2-4-13-5-6-15-10-8-14-7-9(10)11/h9-10H,2-8H2,1H3. The molecule has 1 fully saturated rings. The second-order valence-electron chi connectivity index (χ2n) is 3.42. The molecule has 0 aliphatic carbocycles. The van der Waals surface area contributed by atoms with Crippen molar-refractivity contribution < 1.29 is 18.9 Å². The van der Waals surface area contributed by atoms with Crippen LogP contribution >= 0.6 is 22.6 Å². The van der Waals surface area contributed by atoms with E-state index in [-0.39, 0.29) is 6.10 Å². The molecule has 0 N–H and O–H groups in total. The predicted octanol–water partition coefficient (Wildman–Crippen LogP) is 1.26. The molecule has 0 saturated carbocycles. The van der Waals surface area contributed by atoms with Gasteiger partial charge in [0.25, 0.3) is 0 Å². The van der Waals surface area contributed by atoms with Crippen LogP contribution in [-0.4, -0.2) is 56.8 Å². The fourth-order valence-electron chi connectivity index (χ4n) is 1.33. The molecule has 1 aliphatic rings. The molecule has 4 nitrogen and oxygen atoms in total. The molecule has 1 heterocycles. The van der Waals surface area contributed by atoms with Crippen LogP contribution in [0, 0.1) is 0 Å². The number of hydrogen-bond acceptors (Lipinski definition) is 4. The molecule has 90 valence electrons. The highest BCUT2D eigenvalue weighted by atomic mass is 127. The molecular weight excluding hydrogens is 311 g/mol. The maximum atomic E-state index is 5.63. The fourth-order valence-corrected chi connectivity index (χ4v) is 2.00. The first-order valence-corrected chi connectivity index (χ1v) is 6.49. The summed E-state index contributed by atoms with van der Waals surface area (Å²) in [4.78, 5) is 0. The van der Waals surface area contributed by atoms with Crippen molar-refractivity contribution >= 4 is 22.6 Å². The smallest absolute Gasteiger partial charge is 0.0949 e. The van der Waals surface area contributed by atoms with Crippen LogP contribution in [0.1, 0.15) is 6.42 Å². The number of alkyl halides is 1. The van der Waals surface area contributed by atoms with Crippen molar-refractivity contribution in [3.63, 3.8) is 0 Å². The zero-order valence-electron chi connectivity index (χ0n) is 9.12. The first kappa shape index (κ1) is 13.6. The van der Waals surface area contributed by atoms with Crippen molar-refractivity contribution in [2.24, 2.45) is 0 Å². The van der Waals surface area contributed by atoms with E-state index in [2.05, 4.69) is 22.6 Å². The molecule has 0 aromatic rings. The molecule has 2 unspecified atom stereocenters. The summed E-state index contributed by atoms with van der Waals surface area (Å²) in [5, 5.41) is 0. The van der Waals surface area contributed by atoms with Gasteiger partial charge in [0, 0.05) is 20.3 Å². The van der Waals surface area contributed by atoms with Gasteiger partial charge in [-0.3, -0.25) is 0 Å². The number of rotatable bonds is 8. The van der Waals surface area contributed by atoms with E-state index in [1.54, 1.807) is 7.11 Å². The van der Waals surface area contributed by atoms with Crippen LogP contribution < -0.4 is 0 Å². The van der Waals surface area contributed by atoms with Crippen LogP contribution in [0.5, 0.6) is 0 Å². The van der Waals surface area contributed by atoms with Gasteiger partial charge in [0.2, 0.25) is 0 Å². The minimum absolute atomic E-state index is 0.244. The van der Waals surface area contributed by atoms with Crippen molar-refractivity contribution in [3.05, 3.63) is 0 Å². The molecule has 0 aromatic carbocycles. The van der Waals surface area contributed by atoms with Crippen LogP contribution in [0.15, 0.2) is 0 Å². The summed E-state index contributed by atoms with van der Waals surface area (Å²) >= 11 is 2.37. The molecule has 0 aromatic heterocycles. The van der Waals surface area contributed by atoms with Gasteiger partial charge >= 0.3 is 0 Å².